The van der Waals surface area contributed by atoms with Gasteiger partial charge in [0.15, 0.2) is 11.3 Å². The summed E-state index contributed by atoms with van der Waals surface area (Å²) in [5, 5.41) is 10.3. The number of β-amino-alcohol motifs (C(OH)–C–C–N with tert-alkyl or cyclic N) is 1. The summed E-state index contributed by atoms with van der Waals surface area (Å²) >= 11 is 6.33. The number of pyridine rings is 1. The molecule has 2 amide bonds. The van der Waals surface area contributed by atoms with Gasteiger partial charge in [0.2, 0.25) is 0 Å². The number of carbonyl (C=O) groups excluding carboxylic acids is 2. The molecule has 0 bridgehead atoms. The predicted octanol–water partition coefficient (Wildman–Crippen LogP) is 2.91. The first-order valence-electron chi connectivity index (χ1n) is 10.3. The van der Waals surface area contributed by atoms with Crippen LogP contribution in [-0.4, -0.2) is 74.7 Å². The largest absolute Gasteiger partial charge is 0.448 e. The van der Waals surface area contributed by atoms with Gasteiger partial charge in [-0.3, -0.25) is 14.1 Å². The van der Waals surface area contributed by atoms with E-state index in [1.807, 2.05) is 0 Å². The fourth-order valence-electron chi connectivity index (χ4n) is 4.45. The van der Waals surface area contributed by atoms with Crippen molar-refractivity contribution in [2.24, 2.45) is 0 Å². The van der Waals surface area contributed by atoms with Crippen molar-refractivity contribution in [3.05, 3.63) is 34.2 Å². The van der Waals surface area contributed by atoms with Crippen molar-refractivity contribution >= 4 is 29.2 Å². The van der Waals surface area contributed by atoms with Gasteiger partial charge in [-0.15, -0.1) is 0 Å². The molecule has 0 radical (unpaired) electrons. The van der Waals surface area contributed by atoms with Crippen LogP contribution in [0.3, 0.4) is 0 Å². The molecule has 3 aliphatic rings. The topological polar surface area (TPSA) is 87.4 Å². The molecular weight excluding hydrogens is 929 g/mol. The Balaban J connectivity index is 0.00000162. The number of carbonyl (C=O) groups is 2. The van der Waals surface area contributed by atoms with E-state index >= 15 is 0 Å². The van der Waals surface area contributed by atoms with Gasteiger partial charge in [-0.05, 0) is 36.8 Å². The molecular formula is C20H20ClF3N4O4U2. The van der Waals surface area contributed by atoms with Crippen molar-refractivity contribution in [3.63, 3.8) is 0 Å². The Bertz CT molecular complexity index is 1110. The molecule has 0 unspecified atom stereocenters. The molecule has 0 aromatic carbocycles. The summed E-state index contributed by atoms with van der Waals surface area (Å²) in [5.41, 5.74) is -1.15. The first-order valence-corrected chi connectivity index (χ1v) is 10.7. The monoisotopic (exact) mass is 948 g/mol. The molecule has 2 saturated heterocycles. The summed E-state index contributed by atoms with van der Waals surface area (Å²) in [6.07, 6.45) is -2.78. The predicted molar refractivity (Wildman–Crippen MR) is 106 cm³/mol. The second-order valence-corrected chi connectivity index (χ2v) is 8.74. The van der Waals surface area contributed by atoms with Crippen molar-refractivity contribution < 1.29 is 94.8 Å². The van der Waals surface area contributed by atoms with Gasteiger partial charge in [-0.1, -0.05) is 11.6 Å². The SMILES string of the molecule is O=C(c1nc2c(C(F)(F)F)cc(C3CC3)cn2c1Cl)N1CC[C@H](N2CCOC2=O)[C@H](O)C1.[U].[U]. The van der Waals surface area contributed by atoms with Gasteiger partial charge in [0.05, 0.1) is 24.3 Å². The minimum absolute atomic E-state index is 0. The number of halogens is 4. The van der Waals surface area contributed by atoms with Crippen LogP contribution < -0.4 is 0 Å². The number of ether oxygens (including phenoxy) is 1. The number of nitrogens with zero attached hydrogens (tertiary/aromatic N) is 4. The van der Waals surface area contributed by atoms with Crippen LogP contribution in [0.5, 0.6) is 0 Å². The molecule has 14 heteroatoms. The van der Waals surface area contributed by atoms with Crippen molar-refractivity contribution in [1.82, 2.24) is 19.2 Å². The molecule has 2 aromatic heterocycles. The molecule has 1 saturated carbocycles. The number of aliphatic hydroxyl groups is 1. The van der Waals surface area contributed by atoms with E-state index < -0.39 is 41.5 Å². The molecule has 180 valence electrons. The summed E-state index contributed by atoms with van der Waals surface area (Å²) in [6, 6.07) is 0.582. The van der Waals surface area contributed by atoms with Gasteiger partial charge in [0, 0.05) is 81.5 Å². The van der Waals surface area contributed by atoms with E-state index in [2.05, 4.69) is 4.98 Å². The van der Waals surface area contributed by atoms with Crippen LogP contribution >= 0.6 is 11.6 Å². The fraction of sp³-hybridized carbons (Fsp3) is 0.550. The number of hydrogen-bond acceptors (Lipinski definition) is 5. The number of alkyl halides is 3. The maximum atomic E-state index is 13.7. The summed E-state index contributed by atoms with van der Waals surface area (Å²) in [4.78, 5) is 31.6. The number of fused-ring (bicyclic) bond motifs is 1. The van der Waals surface area contributed by atoms with Crippen LogP contribution in [0.2, 0.25) is 5.15 Å². The van der Waals surface area contributed by atoms with Gasteiger partial charge >= 0.3 is 12.3 Å². The molecule has 4 heterocycles. The van der Waals surface area contributed by atoms with E-state index in [0.717, 1.165) is 23.3 Å². The zero-order chi connectivity index (χ0) is 22.8. The van der Waals surface area contributed by atoms with E-state index in [4.69, 9.17) is 16.3 Å². The standard InChI is InChI=1S/C20H20ClF3N4O4.2U/c21-16-15(18(30)26-4-3-13(14(29)9-26)27-5-6-32-19(27)31)25-17-12(20(22,23)24)7-11(8-28(16)17)10-1-2-10;;/h7-8,10,13-14,29H,1-6,9H2;;/t13-,14+;;/m0../s1. The zero-order valence-electron chi connectivity index (χ0n) is 17.8. The normalized spacial score (nSPS) is 22.9. The summed E-state index contributed by atoms with van der Waals surface area (Å²) in [6.45, 7) is 0.688. The Morgan fingerprint density at radius 2 is 1.91 bits per heavy atom. The maximum Gasteiger partial charge on any atom is 0.419 e. The third-order valence-corrected chi connectivity index (χ3v) is 6.63. The van der Waals surface area contributed by atoms with Crippen LogP contribution in [0.25, 0.3) is 5.65 Å². The maximum absolute atomic E-state index is 13.7. The molecule has 1 aliphatic carbocycles. The van der Waals surface area contributed by atoms with Gasteiger partial charge in [-0.2, -0.15) is 13.2 Å². The molecule has 2 aliphatic heterocycles. The Morgan fingerprint density at radius 1 is 1.21 bits per heavy atom. The molecule has 2 atom stereocenters. The average molecular weight is 949 g/mol. The zero-order valence-corrected chi connectivity index (χ0v) is 26.9. The average Bonchev–Trinajstić information content (AvgIpc) is 3.43. The Morgan fingerprint density at radius 3 is 2.47 bits per heavy atom. The number of piperidine rings is 1. The Hall–Kier alpha value is -0.426. The third-order valence-electron chi connectivity index (χ3n) is 6.27. The van der Waals surface area contributed by atoms with Crippen LogP contribution in [0.1, 0.15) is 46.8 Å². The smallest absolute Gasteiger partial charge is 0.419 e. The number of amides is 2. The van der Waals surface area contributed by atoms with Crippen LogP contribution in [0.15, 0.2) is 12.3 Å². The first kappa shape index (κ1) is 28.1. The second kappa shape index (κ2) is 10.5. The van der Waals surface area contributed by atoms with Crippen LogP contribution in [0, 0.1) is 62.2 Å². The third kappa shape index (κ3) is 5.17. The molecule has 34 heavy (non-hydrogen) atoms. The summed E-state index contributed by atoms with van der Waals surface area (Å²) < 4.78 is 47.1. The van der Waals surface area contributed by atoms with Crippen LogP contribution in [-0.2, 0) is 10.9 Å². The summed E-state index contributed by atoms with van der Waals surface area (Å²) in [5.74, 6) is -0.620. The minimum atomic E-state index is -4.65. The molecule has 0 spiro atoms. The number of hydrogen-bond donors (Lipinski definition) is 1. The number of rotatable bonds is 3. The number of aliphatic hydroxyl groups excluding tert-OH is 1. The van der Waals surface area contributed by atoms with Gasteiger partial charge in [-0.25, -0.2) is 9.78 Å². The van der Waals surface area contributed by atoms with E-state index in [1.54, 1.807) is 0 Å². The Labute approximate surface area is 245 Å². The number of aromatic nitrogens is 2. The molecule has 3 fully saturated rings. The molecule has 1 N–H and O–H groups in total. The Kier molecular flexibility index (Phi) is 8.71. The molecule has 5 rings (SSSR count). The van der Waals surface area contributed by atoms with Crippen molar-refractivity contribution in [2.75, 3.05) is 26.2 Å². The van der Waals surface area contributed by atoms with E-state index in [1.165, 1.54) is 16.0 Å². The number of likely N-dealkylation sites (tertiary alicyclic amines) is 1. The first-order chi connectivity index (χ1) is 15.1. The van der Waals surface area contributed by atoms with Gasteiger partial charge in [0.1, 0.15) is 11.8 Å². The quantitative estimate of drug-likeness (QED) is 0.513. The summed E-state index contributed by atoms with van der Waals surface area (Å²) in [7, 11) is 0. The minimum Gasteiger partial charge on any atom is -0.448 e. The van der Waals surface area contributed by atoms with Crippen molar-refractivity contribution in [2.45, 2.75) is 43.5 Å². The molecule has 8 nitrogen and oxygen atoms in total. The van der Waals surface area contributed by atoms with Crippen molar-refractivity contribution in [1.29, 1.82) is 0 Å². The molecule has 2 aromatic rings. The van der Waals surface area contributed by atoms with E-state index in [9.17, 15) is 27.9 Å². The second-order valence-electron chi connectivity index (χ2n) is 8.39. The van der Waals surface area contributed by atoms with E-state index in [-0.39, 0.29) is 98.7 Å². The fourth-order valence-corrected chi connectivity index (χ4v) is 4.70. The van der Waals surface area contributed by atoms with E-state index in [0.29, 0.717) is 18.5 Å². The number of imidazole rings is 1. The van der Waals surface area contributed by atoms with Gasteiger partial charge < -0.3 is 14.7 Å². The van der Waals surface area contributed by atoms with Crippen LogP contribution in [0.4, 0.5) is 18.0 Å². The van der Waals surface area contributed by atoms with Crippen molar-refractivity contribution in [3.8, 4) is 0 Å². The van der Waals surface area contributed by atoms with Gasteiger partial charge in [0.25, 0.3) is 5.91 Å². The number of cyclic esters (lactones) is 1.